The predicted molar refractivity (Wildman–Crippen MR) is 205 cm³/mol. The molecule has 0 saturated heterocycles. The van der Waals surface area contributed by atoms with Gasteiger partial charge in [-0.3, -0.25) is 13.8 Å². The van der Waals surface area contributed by atoms with Crippen LogP contribution in [0.3, 0.4) is 0 Å². The summed E-state index contributed by atoms with van der Waals surface area (Å²) in [5, 5.41) is 10.9. The molecule has 49 heavy (non-hydrogen) atoms. The third kappa shape index (κ3) is 26.1. The summed E-state index contributed by atoms with van der Waals surface area (Å²) in [4.78, 5) is 26.8. The van der Waals surface area contributed by atoms with Crippen molar-refractivity contribution in [2.45, 2.75) is 207 Å². The summed E-state index contributed by atoms with van der Waals surface area (Å²) in [5.41, 5.74) is -1.72. The molecule has 0 saturated carbocycles. The summed E-state index contributed by atoms with van der Waals surface area (Å²) in [6.07, 6.45) is 37.7. The van der Waals surface area contributed by atoms with Gasteiger partial charge in [0.1, 0.15) is 17.0 Å². The quantitative estimate of drug-likeness (QED) is 0.0388. The Morgan fingerprint density at radius 3 is 1.20 bits per heavy atom. The van der Waals surface area contributed by atoms with E-state index in [4.69, 9.17) is 4.18 Å². The van der Waals surface area contributed by atoms with Gasteiger partial charge in [-0.05, 0) is 71.1 Å². The van der Waals surface area contributed by atoms with Crippen molar-refractivity contribution in [2.75, 3.05) is 13.7 Å². The second-order valence-corrected chi connectivity index (χ2v) is 15.5. The summed E-state index contributed by atoms with van der Waals surface area (Å²) in [6.45, 7) is 5.23. The smallest absolute Gasteiger partial charge is 0.389 e. The number of carbonyl (C=O) groups is 2. The van der Waals surface area contributed by atoms with E-state index in [2.05, 4.69) is 42.3 Å². The monoisotopic (exact) mass is 713 g/mol. The van der Waals surface area contributed by atoms with E-state index in [1.807, 2.05) is 0 Å². The normalized spacial score (nSPS) is 14.1. The van der Waals surface area contributed by atoms with Crippen LogP contribution in [0.1, 0.15) is 201 Å². The highest BCUT2D eigenvalue weighted by atomic mass is 32.3. The molecule has 0 bridgehead atoms. The Morgan fingerprint density at radius 2 is 0.878 bits per heavy atom. The molecular weight excluding hydrogens is 637 g/mol. The van der Waals surface area contributed by atoms with Crippen LogP contribution < -0.4 is 0 Å². The Bertz CT molecular complexity index is 905. The maximum Gasteiger partial charge on any atom is 0.399 e. The van der Waals surface area contributed by atoms with Crippen LogP contribution in [0.25, 0.3) is 0 Å². The summed E-state index contributed by atoms with van der Waals surface area (Å²) in [5.74, 6) is -0.706. The Balaban J connectivity index is 4.49. The van der Waals surface area contributed by atoms with E-state index in [9.17, 15) is 23.1 Å². The van der Waals surface area contributed by atoms with E-state index in [0.717, 1.165) is 84.2 Å². The zero-order valence-corrected chi connectivity index (χ0v) is 33.0. The lowest BCUT2D eigenvalue weighted by Crippen LogP contribution is -2.49. The summed E-state index contributed by atoms with van der Waals surface area (Å²) >= 11 is 0. The number of aliphatic hydroxyl groups excluding tert-OH is 1. The fourth-order valence-electron chi connectivity index (χ4n) is 6.12. The molecule has 0 aromatic rings. The molecule has 0 aliphatic carbocycles. The van der Waals surface area contributed by atoms with E-state index in [1.54, 1.807) is 0 Å². The predicted octanol–water partition coefficient (Wildman–Crippen LogP) is 11.5. The van der Waals surface area contributed by atoms with E-state index < -0.39 is 28.5 Å². The molecule has 0 amide bonds. The van der Waals surface area contributed by atoms with Crippen LogP contribution >= 0.6 is 0 Å². The lowest BCUT2D eigenvalue weighted by molar-refractivity contribution is -0.149. The molecule has 0 aromatic heterocycles. The van der Waals surface area contributed by atoms with Gasteiger partial charge in [0, 0.05) is 12.8 Å². The van der Waals surface area contributed by atoms with Crippen LogP contribution in [0.4, 0.5) is 0 Å². The molecular formula is C41H76O7S. The number of ketones is 2. The van der Waals surface area contributed by atoms with Crippen LogP contribution in [0.5, 0.6) is 0 Å². The molecule has 1 N–H and O–H groups in total. The summed E-state index contributed by atoms with van der Waals surface area (Å²) < 4.78 is 32.4. The molecule has 7 nitrogen and oxygen atoms in total. The Labute approximate surface area is 302 Å². The van der Waals surface area contributed by atoms with Crippen LogP contribution in [-0.4, -0.2) is 44.9 Å². The zero-order chi connectivity index (χ0) is 36.5. The Morgan fingerprint density at radius 1 is 0.571 bits per heavy atom. The fourth-order valence-corrected chi connectivity index (χ4v) is 6.51. The maximum atomic E-state index is 13.4. The minimum atomic E-state index is -4.31. The molecule has 0 aromatic carbocycles. The first kappa shape index (κ1) is 47.7. The summed E-state index contributed by atoms with van der Waals surface area (Å²) in [6, 6.07) is 0. The van der Waals surface area contributed by atoms with Gasteiger partial charge >= 0.3 is 10.4 Å². The molecule has 0 heterocycles. The first-order chi connectivity index (χ1) is 23.7. The van der Waals surface area contributed by atoms with Crippen molar-refractivity contribution >= 4 is 22.0 Å². The van der Waals surface area contributed by atoms with Crippen LogP contribution in [0, 0.1) is 5.41 Å². The largest absolute Gasteiger partial charge is 0.399 e. The number of rotatable bonds is 37. The lowest BCUT2D eigenvalue weighted by atomic mass is 9.73. The number of Topliss-reactive ketones (excluding diaryl/α,β-unsaturated/α-hetero) is 2. The van der Waals surface area contributed by atoms with Crippen LogP contribution in [-0.2, 0) is 28.4 Å². The van der Waals surface area contributed by atoms with Gasteiger partial charge in [-0.25, -0.2) is 4.18 Å². The van der Waals surface area contributed by atoms with E-state index in [0.29, 0.717) is 12.8 Å². The van der Waals surface area contributed by atoms with Crippen molar-refractivity contribution in [3.05, 3.63) is 24.3 Å². The van der Waals surface area contributed by atoms with E-state index in [-0.39, 0.29) is 24.4 Å². The molecule has 0 aliphatic heterocycles. The minimum absolute atomic E-state index is 0.168. The molecule has 0 aliphatic rings. The minimum Gasteiger partial charge on any atom is -0.389 e. The van der Waals surface area contributed by atoms with Crippen molar-refractivity contribution in [3.63, 3.8) is 0 Å². The fraction of sp³-hybridized carbons (Fsp3) is 0.854. The highest BCUT2D eigenvalue weighted by Crippen LogP contribution is 2.30. The van der Waals surface area contributed by atoms with Crippen molar-refractivity contribution in [1.29, 1.82) is 0 Å². The average molecular weight is 713 g/mol. The zero-order valence-electron chi connectivity index (χ0n) is 32.2. The van der Waals surface area contributed by atoms with Crippen molar-refractivity contribution < 1.29 is 31.5 Å². The van der Waals surface area contributed by atoms with Gasteiger partial charge in [0.2, 0.25) is 0 Å². The van der Waals surface area contributed by atoms with Gasteiger partial charge in [-0.15, -0.1) is 0 Å². The van der Waals surface area contributed by atoms with Gasteiger partial charge in [0.15, 0.2) is 0 Å². The molecule has 288 valence electrons. The van der Waals surface area contributed by atoms with Gasteiger partial charge in [-0.1, -0.05) is 141 Å². The second-order valence-electron chi connectivity index (χ2n) is 14.1. The number of carbonyl (C=O) groups excluding carboxylic acids is 2. The maximum absolute atomic E-state index is 13.4. The van der Waals surface area contributed by atoms with E-state index >= 15 is 0 Å². The first-order valence-corrected chi connectivity index (χ1v) is 21.5. The third-order valence-electron chi connectivity index (χ3n) is 9.73. The Kier molecular flexibility index (Phi) is 31.7. The van der Waals surface area contributed by atoms with Crippen LogP contribution in [0.15, 0.2) is 24.3 Å². The number of unbranched alkanes of at least 4 members (excludes halogenated alkanes) is 22. The van der Waals surface area contributed by atoms with Crippen molar-refractivity contribution in [2.24, 2.45) is 5.41 Å². The molecule has 0 rings (SSSR count). The highest BCUT2D eigenvalue weighted by molar-refractivity contribution is 7.81. The number of aliphatic hydroxyl groups is 1. The topological polar surface area (TPSA) is 107 Å². The molecule has 0 radical (unpaired) electrons. The molecule has 1 atom stereocenters. The molecule has 1 unspecified atom stereocenters. The standard InChI is InChI=1S/C41H76O7S/c1-5-7-9-11-13-15-17-19-21-23-25-27-29-31-33-35-38(42)41(3,40(44)37-48-49(45,46)47-4)39(43)36-34-32-30-28-26-24-22-20-18-16-14-12-10-8-6-2/h19-22,40,44H,5-18,23-37H2,1-4H3. The summed E-state index contributed by atoms with van der Waals surface area (Å²) in [7, 11) is -3.35. The van der Waals surface area contributed by atoms with Gasteiger partial charge < -0.3 is 5.11 Å². The highest BCUT2D eigenvalue weighted by Gasteiger charge is 2.46. The molecule has 8 heteroatoms. The van der Waals surface area contributed by atoms with Crippen LogP contribution in [0.2, 0.25) is 0 Å². The number of hydrogen-bond donors (Lipinski definition) is 1. The first-order valence-electron chi connectivity index (χ1n) is 20.1. The van der Waals surface area contributed by atoms with Gasteiger partial charge in [-0.2, -0.15) is 8.42 Å². The average Bonchev–Trinajstić information content (AvgIpc) is 3.09. The number of allylic oxidation sites excluding steroid dienone is 4. The van der Waals surface area contributed by atoms with Crippen molar-refractivity contribution in [1.82, 2.24) is 0 Å². The molecule has 0 spiro atoms. The van der Waals surface area contributed by atoms with Gasteiger partial charge in [0.25, 0.3) is 0 Å². The Hall–Kier alpha value is -1.35. The van der Waals surface area contributed by atoms with Gasteiger partial charge in [0.05, 0.1) is 19.8 Å². The molecule has 0 fully saturated rings. The SMILES string of the molecule is CCCCCCCCC=CCCCCCCCC(=O)C(C)(C(=O)CCCCCCCC=CCCCCCCCC)C(O)COS(=O)(=O)OC. The number of hydrogen-bond acceptors (Lipinski definition) is 7. The second kappa shape index (κ2) is 32.6. The van der Waals surface area contributed by atoms with E-state index in [1.165, 1.54) is 84.0 Å². The lowest BCUT2D eigenvalue weighted by Gasteiger charge is -2.31. The van der Waals surface area contributed by atoms with Crippen molar-refractivity contribution in [3.8, 4) is 0 Å². The third-order valence-corrected chi connectivity index (χ3v) is 10.6.